The molecule has 0 radical (unpaired) electrons. The van der Waals surface area contributed by atoms with Gasteiger partial charge in [-0.15, -0.1) is 11.3 Å². The van der Waals surface area contributed by atoms with Gasteiger partial charge in [-0.1, -0.05) is 18.2 Å². The second-order valence-electron chi connectivity index (χ2n) is 7.29. The minimum absolute atomic E-state index is 0.0692. The van der Waals surface area contributed by atoms with Crippen molar-refractivity contribution in [3.8, 4) is 0 Å². The summed E-state index contributed by atoms with van der Waals surface area (Å²) < 4.78 is 5.06. The Kier molecular flexibility index (Phi) is 6.42. The van der Waals surface area contributed by atoms with Gasteiger partial charge in [0, 0.05) is 24.2 Å². The molecule has 0 saturated carbocycles. The zero-order chi connectivity index (χ0) is 21.6. The lowest BCUT2D eigenvalue weighted by molar-refractivity contribution is -0.134. The van der Waals surface area contributed by atoms with Gasteiger partial charge < -0.3 is 14.6 Å². The lowest BCUT2D eigenvalue weighted by Gasteiger charge is -2.32. The number of rotatable bonds is 6. The molecule has 0 spiro atoms. The van der Waals surface area contributed by atoms with E-state index in [0.717, 1.165) is 18.5 Å². The molecule has 0 aliphatic carbocycles. The number of nitrogens with one attached hydrogen (secondary N) is 2. The van der Waals surface area contributed by atoms with E-state index >= 15 is 0 Å². The number of furan rings is 1. The number of hydrogen-bond donors (Lipinski definition) is 2. The summed E-state index contributed by atoms with van der Waals surface area (Å²) in [6.45, 7) is 1.02. The molecule has 1 aliphatic heterocycles. The van der Waals surface area contributed by atoms with Crippen LogP contribution in [-0.4, -0.2) is 40.7 Å². The van der Waals surface area contributed by atoms with Crippen molar-refractivity contribution in [1.82, 2.24) is 9.88 Å². The van der Waals surface area contributed by atoms with Gasteiger partial charge in [0.05, 0.1) is 24.3 Å². The van der Waals surface area contributed by atoms with E-state index in [-0.39, 0.29) is 35.8 Å². The van der Waals surface area contributed by atoms with E-state index in [4.69, 9.17) is 4.42 Å². The fraction of sp³-hybridized carbons (Fsp3) is 0.273. The maximum Gasteiger partial charge on any atom is 0.293 e. The summed E-state index contributed by atoms with van der Waals surface area (Å²) in [5, 5.41) is 7.73. The smallest absolute Gasteiger partial charge is 0.293 e. The van der Waals surface area contributed by atoms with Crippen molar-refractivity contribution in [2.24, 2.45) is 5.92 Å². The molecule has 1 saturated heterocycles. The van der Waals surface area contributed by atoms with Crippen LogP contribution in [0.2, 0.25) is 0 Å². The Morgan fingerprint density at radius 3 is 2.74 bits per heavy atom. The first kappa shape index (κ1) is 20.8. The number of aromatic nitrogens is 1. The summed E-state index contributed by atoms with van der Waals surface area (Å²) >= 11 is 1.25. The molecule has 1 fully saturated rings. The minimum Gasteiger partial charge on any atom is -0.459 e. The number of piperidine rings is 1. The van der Waals surface area contributed by atoms with Crippen LogP contribution in [0.25, 0.3) is 0 Å². The van der Waals surface area contributed by atoms with Crippen molar-refractivity contribution in [1.29, 1.82) is 0 Å². The van der Waals surface area contributed by atoms with Crippen LogP contribution in [0, 0.1) is 5.92 Å². The summed E-state index contributed by atoms with van der Waals surface area (Å²) in [6, 6.07) is 12.5. The number of nitrogens with zero attached hydrogens (tertiary/aromatic N) is 2. The van der Waals surface area contributed by atoms with Crippen LogP contribution in [0.15, 0.2) is 58.5 Å². The normalized spacial score (nSPS) is 16.0. The summed E-state index contributed by atoms with van der Waals surface area (Å²) in [4.78, 5) is 43.4. The van der Waals surface area contributed by atoms with Gasteiger partial charge in [0.25, 0.3) is 5.91 Å². The molecule has 160 valence electrons. The fourth-order valence-corrected chi connectivity index (χ4v) is 4.17. The van der Waals surface area contributed by atoms with Crippen molar-refractivity contribution in [2.45, 2.75) is 19.3 Å². The highest BCUT2D eigenvalue weighted by Crippen LogP contribution is 2.21. The van der Waals surface area contributed by atoms with Gasteiger partial charge >= 0.3 is 0 Å². The quantitative estimate of drug-likeness (QED) is 0.614. The summed E-state index contributed by atoms with van der Waals surface area (Å²) in [5.74, 6) is -0.579. The SMILES string of the molecule is O=C(Nc1nc(CC(=O)N2CCCC(C(=O)Nc3ccccc3)C2)cs1)c1ccco1. The number of para-hydroxylation sites is 1. The molecule has 3 amide bonds. The predicted octanol–water partition coefficient (Wildman–Crippen LogP) is 3.41. The molecule has 3 heterocycles. The van der Waals surface area contributed by atoms with E-state index in [1.165, 1.54) is 17.6 Å². The molecule has 1 aromatic carbocycles. The third-order valence-electron chi connectivity index (χ3n) is 5.04. The number of amides is 3. The summed E-state index contributed by atoms with van der Waals surface area (Å²) in [6.07, 6.45) is 3.08. The molecular formula is C22H22N4O4S. The highest BCUT2D eigenvalue weighted by Gasteiger charge is 2.28. The van der Waals surface area contributed by atoms with E-state index in [1.54, 1.807) is 22.4 Å². The standard InChI is InChI=1S/C22H22N4O4S/c27-19(12-17-14-31-22(24-17)25-21(29)18-9-5-11-30-18)26-10-4-6-15(13-26)20(28)23-16-7-2-1-3-8-16/h1-3,5,7-9,11,14-15H,4,6,10,12-13H2,(H,23,28)(H,24,25,29). The average molecular weight is 439 g/mol. The maximum absolute atomic E-state index is 12.8. The van der Waals surface area contributed by atoms with Crippen molar-refractivity contribution < 1.29 is 18.8 Å². The Labute approximate surface area is 183 Å². The van der Waals surface area contributed by atoms with Crippen LogP contribution in [0.5, 0.6) is 0 Å². The monoisotopic (exact) mass is 438 g/mol. The molecule has 1 aliphatic rings. The van der Waals surface area contributed by atoms with Crippen molar-refractivity contribution >= 4 is 39.9 Å². The van der Waals surface area contributed by atoms with Crippen LogP contribution in [0.3, 0.4) is 0 Å². The fourth-order valence-electron chi connectivity index (χ4n) is 3.46. The maximum atomic E-state index is 12.8. The van der Waals surface area contributed by atoms with Gasteiger partial charge in [-0.3, -0.25) is 19.7 Å². The van der Waals surface area contributed by atoms with Gasteiger partial charge in [-0.05, 0) is 37.1 Å². The first-order chi connectivity index (χ1) is 15.1. The summed E-state index contributed by atoms with van der Waals surface area (Å²) in [5.41, 5.74) is 1.34. The van der Waals surface area contributed by atoms with E-state index in [0.29, 0.717) is 23.9 Å². The first-order valence-electron chi connectivity index (χ1n) is 10.0. The number of hydrogen-bond acceptors (Lipinski definition) is 6. The van der Waals surface area contributed by atoms with Crippen LogP contribution in [-0.2, 0) is 16.0 Å². The van der Waals surface area contributed by atoms with E-state index in [1.807, 2.05) is 30.3 Å². The molecule has 1 unspecified atom stereocenters. The number of carbonyl (C=O) groups excluding carboxylic acids is 3. The molecule has 8 nitrogen and oxygen atoms in total. The molecule has 0 bridgehead atoms. The number of likely N-dealkylation sites (tertiary alicyclic amines) is 1. The molecule has 1 atom stereocenters. The Morgan fingerprint density at radius 1 is 1.13 bits per heavy atom. The average Bonchev–Trinajstić information content (AvgIpc) is 3.47. The van der Waals surface area contributed by atoms with Gasteiger partial charge in [0.15, 0.2) is 10.9 Å². The largest absolute Gasteiger partial charge is 0.459 e. The Morgan fingerprint density at radius 2 is 1.97 bits per heavy atom. The number of carbonyl (C=O) groups is 3. The van der Waals surface area contributed by atoms with Crippen molar-refractivity contribution in [3.05, 3.63) is 65.6 Å². The van der Waals surface area contributed by atoms with Gasteiger partial charge in [-0.25, -0.2) is 4.98 Å². The lowest BCUT2D eigenvalue weighted by atomic mass is 9.96. The highest BCUT2D eigenvalue weighted by atomic mass is 32.1. The molecule has 3 aromatic rings. The number of anilines is 2. The molecule has 2 N–H and O–H groups in total. The third-order valence-corrected chi connectivity index (χ3v) is 5.84. The Balaban J connectivity index is 1.30. The zero-order valence-electron chi connectivity index (χ0n) is 16.7. The van der Waals surface area contributed by atoms with Crippen LogP contribution >= 0.6 is 11.3 Å². The third kappa shape index (κ3) is 5.37. The zero-order valence-corrected chi connectivity index (χ0v) is 17.6. The molecule has 2 aromatic heterocycles. The van der Waals surface area contributed by atoms with Crippen molar-refractivity contribution in [3.63, 3.8) is 0 Å². The molecule has 9 heteroatoms. The van der Waals surface area contributed by atoms with Crippen LogP contribution < -0.4 is 10.6 Å². The van der Waals surface area contributed by atoms with Crippen molar-refractivity contribution in [2.75, 3.05) is 23.7 Å². The second kappa shape index (κ2) is 9.57. The lowest BCUT2D eigenvalue weighted by Crippen LogP contribution is -2.44. The Hall–Kier alpha value is -3.46. The Bertz CT molecular complexity index is 1050. The number of benzene rings is 1. The molecule has 4 rings (SSSR count). The van der Waals surface area contributed by atoms with E-state index in [2.05, 4.69) is 15.6 Å². The predicted molar refractivity (Wildman–Crippen MR) is 117 cm³/mol. The van der Waals surface area contributed by atoms with E-state index in [9.17, 15) is 14.4 Å². The number of thiazole rings is 1. The second-order valence-corrected chi connectivity index (χ2v) is 8.14. The van der Waals surface area contributed by atoms with Crippen LogP contribution in [0.4, 0.5) is 10.8 Å². The highest BCUT2D eigenvalue weighted by molar-refractivity contribution is 7.14. The first-order valence-corrected chi connectivity index (χ1v) is 10.9. The molecule has 31 heavy (non-hydrogen) atoms. The summed E-state index contributed by atoms with van der Waals surface area (Å²) in [7, 11) is 0. The van der Waals surface area contributed by atoms with E-state index < -0.39 is 0 Å². The van der Waals surface area contributed by atoms with Gasteiger partial charge in [-0.2, -0.15) is 0 Å². The van der Waals surface area contributed by atoms with Gasteiger partial charge in [0.2, 0.25) is 11.8 Å². The van der Waals surface area contributed by atoms with Gasteiger partial charge in [0.1, 0.15) is 0 Å². The molecular weight excluding hydrogens is 416 g/mol. The van der Waals surface area contributed by atoms with Crippen LogP contribution in [0.1, 0.15) is 29.1 Å². The minimum atomic E-state index is -0.388. The topological polar surface area (TPSA) is 105 Å².